The van der Waals surface area contributed by atoms with E-state index in [-0.39, 0.29) is 5.92 Å². The van der Waals surface area contributed by atoms with Gasteiger partial charge in [-0.05, 0) is 55.7 Å². The number of hydrogen-bond acceptors (Lipinski definition) is 2. The highest BCUT2D eigenvalue weighted by molar-refractivity contribution is 5.78. The molecule has 23 heavy (non-hydrogen) atoms. The van der Waals surface area contributed by atoms with Crippen LogP contribution >= 0.6 is 0 Å². The van der Waals surface area contributed by atoms with Crippen molar-refractivity contribution >= 4 is 5.91 Å². The Morgan fingerprint density at radius 2 is 1.91 bits per heavy atom. The summed E-state index contributed by atoms with van der Waals surface area (Å²) in [4.78, 5) is 14.4. The lowest BCUT2D eigenvalue weighted by atomic mass is 9.90. The number of carbonyl (C=O) groups excluding carboxylic acids is 1. The predicted octanol–water partition coefficient (Wildman–Crippen LogP) is 4.30. The summed E-state index contributed by atoms with van der Waals surface area (Å²) in [5, 5.41) is 0. The van der Waals surface area contributed by atoms with Gasteiger partial charge in [-0.15, -0.1) is 0 Å². The van der Waals surface area contributed by atoms with Crippen molar-refractivity contribution < 1.29 is 9.53 Å². The topological polar surface area (TPSA) is 29.5 Å². The fraction of sp³-hybridized carbons (Fsp3) is 0.650. The monoisotopic (exact) mass is 317 g/mol. The van der Waals surface area contributed by atoms with Gasteiger partial charge in [-0.25, -0.2) is 0 Å². The van der Waals surface area contributed by atoms with Gasteiger partial charge < -0.3 is 9.64 Å². The average Bonchev–Trinajstić information content (AvgIpc) is 2.60. The Balaban J connectivity index is 1.73. The number of ether oxygens (including phenoxy) is 1. The van der Waals surface area contributed by atoms with Gasteiger partial charge in [0.1, 0.15) is 5.75 Å². The third kappa shape index (κ3) is 5.26. The number of benzene rings is 1. The zero-order chi connectivity index (χ0) is 16.7. The molecule has 1 heterocycles. The fourth-order valence-electron chi connectivity index (χ4n) is 3.47. The molecule has 1 aromatic carbocycles. The van der Waals surface area contributed by atoms with E-state index in [0.29, 0.717) is 5.91 Å². The Bertz CT molecular complexity index is 475. The van der Waals surface area contributed by atoms with E-state index in [2.05, 4.69) is 30.9 Å². The number of hydrogen-bond donors (Lipinski definition) is 0. The van der Waals surface area contributed by atoms with E-state index in [1.807, 2.05) is 12.1 Å². The minimum absolute atomic E-state index is 0.191. The van der Waals surface area contributed by atoms with E-state index in [1.54, 1.807) is 7.11 Å². The van der Waals surface area contributed by atoms with Crippen LogP contribution in [0.1, 0.15) is 51.5 Å². The minimum atomic E-state index is 0.191. The van der Waals surface area contributed by atoms with Gasteiger partial charge in [0.05, 0.1) is 7.11 Å². The van der Waals surface area contributed by atoms with Crippen molar-refractivity contribution in [3.05, 3.63) is 29.8 Å². The average molecular weight is 317 g/mol. The van der Waals surface area contributed by atoms with Crippen molar-refractivity contribution in [1.29, 1.82) is 0 Å². The summed E-state index contributed by atoms with van der Waals surface area (Å²) in [5.74, 6) is 2.22. The molecule has 1 unspecified atom stereocenters. The predicted molar refractivity (Wildman–Crippen MR) is 94.7 cm³/mol. The van der Waals surface area contributed by atoms with E-state index in [4.69, 9.17) is 4.74 Å². The number of piperidine rings is 1. The highest BCUT2D eigenvalue weighted by Gasteiger charge is 2.25. The summed E-state index contributed by atoms with van der Waals surface area (Å²) in [6, 6.07) is 8.38. The first-order valence-corrected chi connectivity index (χ1v) is 9.05. The number of methoxy groups -OCH3 is 1. The van der Waals surface area contributed by atoms with Gasteiger partial charge in [0.15, 0.2) is 0 Å². The number of carbonyl (C=O) groups is 1. The summed E-state index contributed by atoms with van der Waals surface area (Å²) in [5.41, 5.74) is 1.38. The Morgan fingerprint density at radius 3 is 2.48 bits per heavy atom. The minimum Gasteiger partial charge on any atom is -0.497 e. The van der Waals surface area contributed by atoms with Crippen LogP contribution < -0.4 is 4.74 Å². The molecule has 1 aliphatic heterocycles. The molecule has 128 valence electrons. The van der Waals surface area contributed by atoms with Crippen molar-refractivity contribution in [2.45, 2.75) is 52.4 Å². The number of aryl methyl sites for hydroxylation is 1. The van der Waals surface area contributed by atoms with Crippen LogP contribution in [-0.2, 0) is 11.2 Å². The van der Waals surface area contributed by atoms with Crippen molar-refractivity contribution in [2.24, 2.45) is 11.8 Å². The molecule has 1 amide bonds. The molecule has 1 atom stereocenters. The molecule has 0 radical (unpaired) electrons. The number of nitrogens with zero attached hydrogens (tertiary/aromatic N) is 1. The maximum absolute atomic E-state index is 12.3. The van der Waals surface area contributed by atoms with E-state index in [0.717, 1.165) is 56.9 Å². The Hall–Kier alpha value is -1.51. The summed E-state index contributed by atoms with van der Waals surface area (Å²) in [6.45, 7) is 6.11. The highest BCUT2D eigenvalue weighted by atomic mass is 16.5. The van der Waals surface area contributed by atoms with Crippen LogP contribution in [0.2, 0.25) is 0 Å². The molecule has 0 aromatic heterocycles. The Morgan fingerprint density at radius 1 is 1.26 bits per heavy atom. The highest BCUT2D eigenvalue weighted by Crippen LogP contribution is 2.24. The zero-order valence-corrected chi connectivity index (χ0v) is 14.9. The van der Waals surface area contributed by atoms with Crippen molar-refractivity contribution in [2.75, 3.05) is 20.2 Å². The van der Waals surface area contributed by atoms with Crippen LogP contribution in [-0.4, -0.2) is 31.0 Å². The van der Waals surface area contributed by atoms with Gasteiger partial charge in [-0.2, -0.15) is 0 Å². The van der Waals surface area contributed by atoms with E-state index in [9.17, 15) is 4.79 Å². The first kappa shape index (κ1) is 17.8. The number of likely N-dealkylation sites (tertiary alicyclic amines) is 1. The molecule has 3 nitrogen and oxygen atoms in total. The summed E-state index contributed by atoms with van der Waals surface area (Å²) in [6.07, 6.45) is 6.75. The second-order valence-electron chi connectivity index (χ2n) is 6.85. The molecular weight excluding hydrogens is 286 g/mol. The van der Waals surface area contributed by atoms with Crippen LogP contribution in [0.3, 0.4) is 0 Å². The maximum atomic E-state index is 12.3. The molecular formula is C20H31NO2. The number of amides is 1. The zero-order valence-electron chi connectivity index (χ0n) is 14.9. The third-order valence-corrected chi connectivity index (χ3v) is 5.07. The fourth-order valence-corrected chi connectivity index (χ4v) is 3.47. The SMILES string of the molecule is CCCC(C)C(=O)N1CCC(CCc2ccc(OC)cc2)CC1. The van der Waals surface area contributed by atoms with E-state index >= 15 is 0 Å². The van der Waals surface area contributed by atoms with E-state index in [1.165, 1.54) is 12.0 Å². The second-order valence-corrected chi connectivity index (χ2v) is 6.85. The standard InChI is InChI=1S/C20H31NO2/c1-4-5-16(2)20(22)21-14-12-18(13-15-21)7-6-17-8-10-19(23-3)11-9-17/h8-11,16,18H,4-7,12-15H2,1-3H3. The third-order valence-electron chi connectivity index (χ3n) is 5.07. The Labute approximate surface area is 141 Å². The van der Waals surface area contributed by atoms with Crippen LogP contribution in [0.25, 0.3) is 0 Å². The maximum Gasteiger partial charge on any atom is 0.225 e. The molecule has 1 aliphatic rings. The lowest BCUT2D eigenvalue weighted by Crippen LogP contribution is -2.41. The van der Waals surface area contributed by atoms with Gasteiger partial charge in [-0.1, -0.05) is 32.4 Å². The van der Waals surface area contributed by atoms with Crippen molar-refractivity contribution in [3.8, 4) is 5.75 Å². The lowest BCUT2D eigenvalue weighted by molar-refractivity contribution is -0.136. The van der Waals surface area contributed by atoms with Crippen LogP contribution in [0.15, 0.2) is 24.3 Å². The van der Waals surface area contributed by atoms with Crippen molar-refractivity contribution in [1.82, 2.24) is 4.90 Å². The molecule has 3 heteroatoms. The molecule has 1 fully saturated rings. The van der Waals surface area contributed by atoms with Crippen LogP contribution in [0.4, 0.5) is 0 Å². The molecule has 0 aliphatic carbocycles. The smallest absolute Gasteiger partial charge is 0.225 e. The molecule has 0 saturated carbocycles. The molecule has 1 saturated heterocycles. The Kier molecular flexibility index (Phi) is 6.94. The molecule has 0 spiro atoms. The van der Waals surface area contributed by atoms with Gasteiger partial charge >= 0.3 is 0 Å². The van der Waals surface area contributed by atoms with Gasteiger partial charge in [0.2, 0.25) is 5.91 Å². The second kappa shape index (κ2) is 8.95. The summed E-state index contributed by atoms with van der Waals surface area (Å²) >= 11 is 0. The number of rotatable bonds is 7. The molecule has 1 aromatic rings. The van der Waals surface area contributed by atoms with Crippen LogP contribution in [0, 0.1) is 11.8 Å². The van der Waals surface area contributed by atoms with E-state index < -0.39 is 0 Å². The van der Waals surface area contributed by atoms with Crippen LogP contribution in [0.5, 0.6) is 5.75 Å². The quantitative estimate of drug-likeness (QED) is 0.750. The van der Waals surface area contributed by atoms with Gasteiger partial charge in [0, 0.05) is 19.0 Å². The normalized spacial score (nSPS) is 17.1. The van der Waals surface area contributed by atoms with Gasteiger partial charge in [0.25, 0.3) is 0 Å². The van der Waals surface area contributed by atoms with Crippen molar-refractivity contribution in [3.63, 3.8) is 0 Å². The molecule has 0 bridgehead atoms. The summed E-state index contributed by atoms with van der Waals surface area (Å²) < 4.78 is 5.20. The first-order valence-electron chi connectivity index (χ1n) is 9.05. The lowest BCUT2D eigenvalue weighted by Gasteiger charge is -2.33. The summed E-state index contributed by atoms with van der Waals surface area (Å²) in [7, 11) is 1.70. The van der Waals surface area contributed by atoms with Gasteiger partial charge in [-0.3, -0.25) is 4.79 Å². The molecule has 0 N–H and O–H groups in total. The molecule has 2 rings (SSSR count). The first-order chi connectivity index (χ1) is 11.1. The largest absolute Gasteiger partial charge is 0.497 e.